The minimum absolute atomic E-state index is 0.187. The predicted octanol–water partition coefficient (Wildman–Crippen LogP) is 3.42. The fourth-order valence-electron chi connectivity index (χ4n) is 2.93. The molecule has 1 N–H and O–H groups in total. The van der Waals surface area contributed by atoms with Gasteiger partial charge in [-0.05, 0) is 56.0 Å². The van der Waals surface area contributed by atoms with E-state index in [1.807, 2.05) is 12.1 Å². The van der Waals surface area contributed by atoms with Crippen LogP contribution in [0.5, 0.6) is 11.5 Å². The van der Waals surface area contributed by atoms with E-state index < -0.39 is 5.97 Å². The van der Waals surface area contributed by atoms with Gasteiger partial charge in [0.2, 0.25) is 0 Å². The Kier molecular flexibility index (Phi) is 6.91. The molecule has 134 valence electrons. The minimum atomic E-state index is -0.667. The van der Waals surface area contributed by atoms with Crippen molar-refractivity contribution < 1.29 is 19.4 Å². The first-order valence-corrected chi connectivity index (χ1v) is 8.74. The van der Waals surface area contributed by atoms with Crippen LogP contribution >= 0.6 is 0 Å². The molecule has 0 aromatic heterocycles. The maximum atomic E-state index is 11.0. The van der Waals surface area contributed by atoms with E-state index in [4.69, 9.17) is 14.6 Å². The lowest BCUT2D eigenvalue weighted by atomic mass is 9.97. The van der Waals surface area contributed by atoms with E-state index in [0.717, 1.165) is 56.0 Å². The summed E-state index contributed by atoms with van der Waals surface area (Å²) in [6.07, 6.45) is 2.47. The van der Waals surface area contributed by atoms with E-state index in [0.29, 0.717) is 12.5 Å². The molecule has 0 unspecified atom stereocenters. The van der Waals surface area contributed by atoms with Gasteiger partial charge in [0.1, 0.15) is 0 Å². The maximum absolute atomic E-state index is 11.0. The van der Waals surface area contributed by atoms with Gasteiger partial charge >= 0.3 is 5.97 Å². The van der Waals surface area contributed by atoms with Crippen molar-refractivity contribution in [2.75, 3.05) is 26.8 Å². The number of likely N-dealkylation sites (tertiary alicyclic amines) is 1. The van der Waals surface area contributed by atoms with Crippen molar-refractivity contribution >= 4 is 5.97 Å². The molecule has 1 fully saturated rings. The van der Waals surface area contributed by atoms with Crippen LogP contribution in [-0.2, 0) is 11.3 Å². The number of hydrogen-bond acceptors (Lipinski definition) is 4. The molecule has 24 heavy (non-hydrogen) atoms. The molecule has 0 amide bonds. The average Bonchev–Trinajstić information content (AvgIpc) is 2.56. The van der Waals surface area contributed by atoms with Gasteiger partial charge in [0.15, 0.2) is 11.5 Å². The van der Waals surface area contributed by atoms with Crippen LogP contribution in [0.2, 0.25) is 0 Å². The number of benzene rings is 1. The molecule has 1 aliphatic rings. The third-order valence-corrected chi connectivity index (χ3v) is 4.52. The highest BCUT2D eigenvalue weighted by molar-refractivity contribution is 5.70. The molecule has 1 aromatic carbocycles. The fraction of sp³-hybridized carbons (Fsp3) is 0.632. The Bertz CT molecular complexity index is 536. The Morgan fingerprint density at radius 2 is 2.00 bits per heavy atom. The number of methoxy groups -OCH3 is 1. The van der Waals surface area contributed by atoms with Crippen molar-refractivity contribution in [1.82, 2.24) is 4.90 Å². The Hall–Kier alpha value is -1.75. The van der Waals surface area contributed by atoms with Crippen LogP contribution in [0.3, 0.4) is 0 Å². The van der Waals surface area contributed by atoms with E-state index in [1.54, 1.807) is 7.11 Å². The normalized spacial score (nSPS) is 16.3. The Balaban J connectivity index is 1.91. The second kappa shape index (κ2) is 8.92. The highest BCUT2D eigenvalue weighted by Gasteiger charge is 2.24. The highest BCUT2D eigenvalue weighted by Crippen LogP contribution is 2.29. The smallest absolute Gasteiger partial charge is 0.306 e. The summed E-state index contributed by atoms with van der Waals surface area (Å²) in [4.78, 5) is 13.3. The summed E-state index contributed by atoms with van der Waals surface area (Å²) in [7, 11) is 1.66. The van der Waals surface area contributed by atoms with Crippen LogP contribution in [-0.4, -0.2) is 42.8 Å². The molecule has 0 aliphatic carbocycles. The molecule has 1 aromatic rings. The average molecular weight is 335 g/mol. The number of aliphatic carboxylic acids is 1. The largest absolute Gasteiger partial charge is 0.493 e. The van der Waals surface area contributed by atoms with Gasteiger partial charge in [0.05, 0.1) is 19.6 Å². The number of piperidine rings is 1. The summed E-state index contributed by atoms with van der Waals surface area (Å²) in [6, 6.07) is 6.06. The summed E-state index contributed by atoms with van der Waals surface area (Å²) in [5.41, 5.74) is 1.16. The van der Waals surface area contributed by atoms with E-state index in [1.165, 1.54) is 0 Å². The van der Waals surface area contributed by atoms with Gasteiger partial charge in [0, 0.05) is 6.54 Å². The highest BCUT2D eigenvalue weighted by atomic mass is 16.5. The Morgan fingerprint density at radius 3 is 2.58 bits per heavy atom. The molecule has 1 saturated heterocycles. The van der Waals surface area contributed by atoms with E-state index >= 15 is 0 Å². The molecule has 0 bridgehead atoms. The minimum Gasteiger partial charge on any atom is -0.493 e. The van der Waals surface area contributed by atoms with E-state index in [9.17, 15) is 4.79 Å². The van der Waals surface area contributed by atoms with Gasteiger partial charge < -0.3 is 14.6 Å². The number of ether oxygens (including phenoxy) is 2. The molecule has 0 spiro atoms. The Labute approximate surface area is 144 Å². The molecule has 5 nitrogen and oxygen atoms in total. The molecular formula is C19H29NO4. The lowest BCUT2D eigenvalue weighted by Gasteiger charge is -2.30. The number of carboxylic acid groups (broad SMARTS) is 1. The van der Waals surface area contributed by atoms with Gasteiger partial charge in [-0.2, -0.15) is 0 Å². The third-order valence-electron chi connectivity index (χ3n) is 4.52. The van der Waals surface area contributed by atoms with E-state index in [-0.39, 0.29) is 5.92 Å². The van der Waals surface area contributed by atoms with Gasteiger partial charge in [-0.25, -0.2) is 0 Å². The number of nitrogens with zero attached hydrogens (tertiary/aromatic N) is 1. The molecule has 0 saturated carbocycles. The summed E-state index contributed by atoms with van der Waals surface area (Å²) in [5.74, 6) is 1.30. The van der Waals surface area contributed by atoms with Crippen LogP contribution < -0.4 is 9.47 Å². The molecule has 1 heterocycles. The third kappa shape index (κ3) is 5.41. The number of carbonyl (C=O) groups is 1. The summed E-state index contributed by atoms with van der Waals surface area (Å²) in [5, 5.41) is 9.07. The van der Waals surface area contributed by atoms with Crippen LogP contribution in [0.15, 0.2) is 18.2 Å². The molecule has 2 rings (SSSR count). The standard InChI is InChI=1S/C19H29NO4/c1-14(2)8-11-24-17-5-4-15(12-18(17)23-3)13-20-9-6-16(7-10-20)19(21)22/h4-5,12,14,16H,6-11,13H2,1-3H3,(H,21,22). The monoisotopic (exact) mass is 335 g/mol. The van der Waals surface area contributed by atoms with Crippen molar-refractivity contribution in [3.8, 4) is 11.5 Å². The Morgan fingerprint density at radius 1 is 1.29 bits per heavy atom. The molecule has 0 radical (unpaired) electrons. The van der Waals surface area contributed by atoms with Crippen molar-refractivity contribution in [2.24, 2.45) is 11.8 Å². The SMILES string of the molecule is COc1cc(CN2CCC(C(=O)O)CC2)ccc1OCCC(C)C. The molecular weight excluding hydrogens is 306 g/mol. The van der Waals surface area contributed by atoms with Crippen LogP contribution in [0.1, 0.15) is 38.7 Å². The van der Waals surface area contributed by atoms with Crippen molar-refractivity contribution in [2.45, 2.75) is 39.7 Å². The molecule has 0 atom stereocenters. The summed E-state index contributed by atoms with van der Waals surface area (Å²) >= 11 is 0. The quantitative estimate of drug-likeness (QED) is 0.789. The van der Waals surface area contributed by atoms with Crippen molar-refractivity contribution in [1.29, 1.82) is 0 Å². The second-order valence-electron chi connectivity index (χ2n) is 6.90. The zero-order chi connectivity index (χ0) is 17.5. The zero-order valence-electron chi connectivity index (χ0n) is 15.0. The zero-order valence-corrected chi connectivity index (χ0v) is 15.0. The summed E-state index contributed by atoms with van der Waals surface area (Å²) < 4.78 is 11.3. The number of hydrogen-bond donors (Lipinski definition) is 1. The number of rotatable bonds is 8. The lowest BCUT2D eigenvalue weighted by molar-refractivity contribution is -0.143. The van der Waals surface area contributed by atoms with Crippen molar-refractivity contribution in [3.05, 3.63) is 23.8 Å². The van der Waals surface area contributed by atoms with Crippen LogP contribution in [0.25, 0.3) is 0 Å². The van der Waals surface area contributed by atoms with Gasteiger partial charge in [-0.15, -0.1) is 0 Å². The van der Waals surface area contributed by atoms with Crippen LogP contribution in [0, 0.1) is 11.8 Å². The first-order valence-electron chi connectivity index (χ1n) is 8.74. The van der Waals surface area contributed by atoms with Gasteiger partial charge in [-0.1, -0.05) is 19.9 Å². The van der Waals surface area contributed by atoms with Gasteiger partial charge in [-0.3, -0.25) is 9.69 Å². The van der Waals surface area contributed by atoms with Crippen molar-refractivity contribution in [3.63, 3.8) is 0 Å². The maximum Gasteiger partial charge on any atom is 0.306 e. The lowest BCUT2D eigenvalue weighted by Crippen LogP contribution is -2.35. The first-order chi connectivity index (χ1) is 11.5. The molecule has 1 aliphatic heterocycles. The second-order valence-corrected chi connectivity index (χ2v) is 6.90. The first kappa shape index (κ1) is 18.6. The molecule has 5 heteroatoms. The van der Waals surface area contributed by atoms with E-state index in [2.05, 4.69) is 24.8 Å². The summed E-state index contributed by atoms with van der Waals surface area (Å²) in [6.45, 7) is 7.51. The predicted molar refractivity (Wildman–Crippen MR) is 93.6 cm³/mol. The topological polar surface area (TPSA) is 59.0 Å². The van der Waals surface area contributed by atoms with Crippen LogP contribution in [0.4, 0.5) is 0 Å². The number of carboxylic acids is 1. The fourth-order valence-corrected chi connectivity index (χ4v) is 2.93. The van der Waals surface area contributed by atoms with Gasteiger partial charge in [0.25, 0.3) is 0 Å².